The molecular formula is C17H17FN4O. The summed E-state index contributed by atoms with van der Waals surface area (Å²) in [6.07, 6.45) is 3.59. The maximum atomic E-state index is 13.6. The SMILES string of the molecule is Cc1cc2c(N3CC(O)CC3c3cccc(F)c3)nccn2n1. The van der Waals surface area contributed by atoms with Crippen LogP contribution in [0.5, 0.6) is 0 Å². The molecular weight excluding hydrogens is 295 g/mol. The lowest BCUT2D eigenvalue weighted by Crippen LogP contribution is -2.25. The molecule has 3 heterocycles. The normalized spacial score (nSPS) is 21.3. The van der Waals surface area contributed by atoms with Gasteiger partial charge in [0.15, 0.2) is 5.82 Å². The van der Waals surface area contributed by atoms with Gasteiger partial charge in [-0.05, 0) is 37.1 Å². The Labute approximate surface area is 133 Å². The molecule has 118 valence electrons. The highest BCUT2D eigenvalue weighted by atomic mass is 19.1. The van der Waals surface area contributed by atoms with Crippen molar-refractivity contribution in [1.82, 2.24) is 14.6 Å². The molecule has 1 aliphatic rings. The van der Waals surface area contributed by atoms with Gasteiger partial charge in [-0.3, -0.25) is 0 Å². The summed E-state index contributed by atoms with van der Waals surface area (Å²) in [5.41, 5.74) is 2.64. The predicted octanol–water partition coefficient (Wildman–Crippen LogP) is 2.49. The quantitative estimate of drug-likeness (QED) is 0.790. The van der Waals surface area contributed by atoms with Gasteiger partial charge in [0.25, 0.3) is 0 Å². The van der Waals surface area contributed by atoms with Crippen LogP contribution in [0.3, 0.4) is 0 Å². The van der Waals surface area contributed by atoms with E-state index in [2.05, 4.69) is 10.1 Å². The molecule has 5 nitrogen and oxygen atoms in total. The first-order valence-electron chi connectivity index (χ1n) is 7.63. The third-order valence-electron chi connectivity index (χ3n) is 4.28. The summed E-state index contributed by atoms with van der Waals surface area (Å²) in [6, 6.07) is 8.41. The molecule has 1 saturated heterocycles. The van der Waals surface area contributed by atoms with Crippen LogP contribution in [-0.2, 0) is 0 Å². The number of aryl methyl sites for hydroxylation is 1. The van der Waals surface area contributed by atoms with Crippen LogP contribution in [0.1, 0.15) is 23.7 Å². The van der Waals surface area contributed by atoms with Crippen molar-refractivity contribution in [3.63, 3.8) is 0 Å². The molecule has 23 heavy (non-hydrogen) atoms. The number of hydrogen-bond acceptors (Lipinski definition) is 4. The zero-order valence-corrected chi connectivity index (χ0v) is 12.7. The Kier molecular flexibility index (Phi) is 3.27. The molecule has 1 aliphatic heterocycles. The number of rotatable bonds is 2. The van der Waals surface area contributed by atoms with E-state index in [4.69, 9.17) is 0 Å². The number of aliphatic hydroxyl groups is 1. The van der Waals surface area contributed by atoms with Crippen LogP contribution >= 0.6 is 0 Å². The molecule has 2 atom stereocenters. The Morgan fingerprint density at radius 1 is 1.30 bits per heavy atom. The number of hydrogen-bond donors (Lipinski definition) is 1. The molecule has 1 N–H and O–H groups in total. The van der Waals surface area contributed by atoms with Crippen molar-refractivity contribution < 1.29 is 9.50 Å². The van der Waals surface area contributed by atoms with Gasteiger partial charge < -0.3 is 10.0 Å². The summed E-state index contributed by atoms with van der Waals surface area (Å²) in [6.45, 7) is 2.40. The maximum Gasteiger partial charge on any atom is 0.155 e. The van der Waals surface area contributed by atoms with E-state index in [1.165, 1.54) is 12.1 Å². The van der Waals surface area contributed by atoms with Crippen molar-refractivity contribution in [2.24, 2.45) is 0 Å². The molecule has 0 spiro atoms. The van der Waals surface area contributed by atoms with Crippen LogP contribution in [0.2, 0.25) is 0 Å². The van der Waals surface area contributed by atoms with Gasteiger partial charge in [0, 0.05) is 18.9 Å². The third-order valence-corrected chi connectivity index (χ3v) is 4.28. The average Bonchev–Trinajstić information content (AvgIpc) is 3.08. The van der Waals surface area contributed by atoms with Gasteiger partial charge in [0.1, 0.15) is 11.3 Å². The topological polar surface area (TPSA) is 53.7 Å². The van der Waals surface area contributed by atoms with Gasteiger partial charge in [-0.2, -0.15) is 5.10 Å². The molecule has 6 heteroatoms. The molecule has 0 radical (unpaired) electrons. The number of β-amino-alcohol motifs (C(OH)–C–C–N with tert-alkyl or cyclic N) is 1. The zero-order valence-electron chi connectivity index (χ0n) is 12.7. The van der Waals surface area contributed by atoms with E-state index >= 15 is 0 Å². The van der Waals surface area contributed by atoms with Crippen molar-refractivity contribution in [1.29, 1.82) is 0 Å². The van der Waals surface area contributed by atoms with Crippen molar-refractivity contribution >= 4 is 11.3 Å². The maximum absolute atomic E-state index is 13.6. The molecule has 2 aromatic heterocycles. The number of aliphatic hydroxyl groups excluding tert-OH is 1. The molecule has 2 unspecified atom stereocenters. The minimum Gasteiger partial charge on any atom is -0.391 e. The van der Waals surface area contributed by atoms with E-state index in [0.29, 0.717) is 13.0 Å². The highest BCUT2D eigenvalue weighted by Gasteiger charge is 2.34. The van der Waals surface area contributed by atoms with Crippen LogP contribution in [0.4, 0.5) is 10.2 Å². The standard InChI is InChI=1S/C17H17FN4O/c1-11-7-16-17(19-5-6-22(16)20-11)21-10-14(23)9-15(21)12-3-2-4-13(18)8-12/h2-8,14-15,23H,9-10H2,1H3. The second-order valence-corrected chi connectivity index (χ2v) is 5.98. The Bertz CT molecular complexity index is 863. The Morgan fingerprint density at radius 2 is 2.17 bits per heavy atom. The molecule has 0 saturated carbocycles. The highest BCUT2D eigenvalue weighted by molar-refractivity contribution is 5.70. The van der Waals surface area contributed by atoms with Gasteiger partial charge in [-0.15, -0.1) is 0 Å². The van der Waals surface area contributed by atoms with Gasteiger partial charge in [-0.25, -0.2) is 13.9 Å². The minimum atomic E-state index is -0.464. The summed E-state index contributed by atoms with van der Waals surface area (Å²) in [7, 11) is 0. The molecule has 1 fully saturated rings. The van der Waals surface area contributed by atoms with Gasteiger partial charge in [0.05, 0.1) is 17.8 Å². The Balaban J connectivity index is 1.81. The summed E-state index contributed by atoms with van der Waals surface area (Å²) < 4.78 is 15.4. The Morgan fingerprint density at radius 3 is 3.00 bits per heavy atom. The zero-order chi connectivity index (χ0) is 16.0. The summed E-state index contributed by atoms with van der Waals surface area (Å²) in [5.74, 6) is 0.495. The fraction of sp³-hybridized carbons (Fsp3) is 0.294. The van der Waals surface area contributed by atoms with Gasteiger partial charge in [0.2, 0.25) is 0 Å². The fourth-order valence-electron chi connectivity index (χ4n) is 3.33. The van der Waals surface area contributed by atoms with E-state index < -0.39 is 6.10 Å². The van der Waals surface area contributed by atoms with Gasteiger partial charge >= 0.3 is 0 Å². The van der Waals surface area contributed by atoms with E-state index in [9.17, 15) is 9.50 Å². The van der Waals surface area contributed by atoms with E-state index in [1.54, 1.807) is 23.0 Å². The lowest BCUT2D eigenvalue weighted by atomic mass is 10.0. The summed E-state index contributed by atoms with van der Waals surface area (Å²) >= 11 is 0. The lowest BCUT2D eigenvalue weighted by molar-refractivity contribution is 0.194. The second-order valence-electron chi connectivity index (χ2n) is 5.98. The molecule has 1 aromatic carbocycles. The highest BCUT2D eigenvalue weighted by Crippen LogP contribution is 2.37. The third kappa shape index (κ3) is 2.45. The van der Waals surface area contributed by atoms with Crippen molar-refractivity contribution in [2.75, 3.05) is 11.4 Å². The monoisotopic (exact) mass is 312 g/mol. The van der Waals surface area contributed by atoms with E-state index in [0.717, 1.165) is 22.6 Å². The van der Waals surface area contributed by atoms with Crippen molar-refractivity contribution in [3.05, 3.63) is 59.8 Å². The number of benzene rings is 1. The summed E-state index contributed by atoms with van der Waals surface area (Å²) in [5, 5.41) is 14.6. The second kappa shape index (κ2) is 5.31. The van der Waals surface area contributed by atoms with Crippen LogP contribution in [0, 0.1) is 12.7 Å². The first-order chi connectivity index (χ1) is 11.1. The average molecular weight is 312 g/mol. The van der Waals surface area contributed by atoms with Crippen molar-refractivity contribution in [3.8, 4) is 0 Å². The van der Waals surface area contributed by atoms with Crippen LogP contribution < -0.4 is 4.90 Å². The van der Waals surface area contributed by atoms with Crippen LogP contribution in [-0.4, -0.2) is 32.4 Å². The van der Waals surface area contributed by atoms with Crippen molar-refractivity contribution in [2.45, 2.75) is 25.5 Å². The van der Waals surface area contributed by atoms with Gasteiger partial charge in [-0.1, -0.05) is 12.1 Å². The lowest BCUT2D eigenvalue weighted by Gasteiger charge is -2.26. The predicted molar refractivity (Wildman–Crippen MR) is 84.8 cm³/mol. The molecule has 3 aromatic rings. The van der Waals surface area contributed by atoms with E-state index in [1.807, 2.05) is 24.0 Å². The molecule has 0 aliphatic carbocycles. The number of halogens is 1. The van der Waals surface area contributed by atoms with Crippen LogP contribution in [0.25, 0.3) is 5.52 Å². The molecule has 0 amide bonds. The first-order valence-corrected chi connectivity index (χ1v) is 7.63. The fourth-order valence-corrected chi connectivity index (χ4v) is 3.33. The number of anilines is 1. The Hall–Kier alpha value is -2.47. The number of fused-ring (bicyclic) bond motifs is 1. The van der Waals surface area contributed by atoms with Crippen LogP contribution in [0.15, 0.2) is 42.7 Å². The summed E-state index contributed by atoms with van der Waals surface area (Å²) in [4.78, 5) is 6.53. The molecule has 4 rings (SSSR count). The first kappa shape index (κ1) is 14.1. The largest absolute Gasteiger partial charge is 0.391 e. The number of nitrogens with zero attached hydrogens (tertiary/aromatic N) is 4. The minimum absolute atomic E-state index is 0.102. The molecule has 0 bridgehead atoms. The number of aromatic nitrogens is 3. The van der Waals surface area contributed by atoms with E-state index in [-0.39, 0.29) is 11.9 Å². The smallest absolute Gasteiger partial charge is 0.155 e.